The molecular weight excluding hydrogens is 240 g/mol. The summed E-state index contributed by atoms with van der Waals surface area (Å²) in [4.78, 5) is 23.6. The summed E-state index contributed by atoms with van der Waals surface area (Å²) in [5.41, 5.74) is 0.429. The molecule has 1 saturated heterocycles. The highest BCUT2D eigenvalue weighted by molar-refractivity contribution is 5.89. The van der Waals surface area contributed by atoms with Crippen LogP contribution < -0.4 is 10.6 Å². The standard InChI is InChI=1S/C15H24N2O2/c1-14(2)10-4-5-15(3,7-10)13(14)17-12(19)9-6-11(18)16-8-9/h9-10,13H,4-8H2,1-3H3,(H,16,18)(H,17,19). The van der Waals surface area contributed by atoms with Crippen LogP contribution in [0.25, 0.3) is 0 Å². The largest absolute Gasteiger partial charge is 0.355 e. The van der Waals surface area contributed by atoms with Crippen LogP contribution in [-0.2, 0) is 9.59 Å². The molecule has 3 aliphatic rings. The first-order chi connectivity index (χ1) is 8.83. The minimum Gasteiger partial charge on any atom is -0.355 e. The van der Waals surface area contributed by atoms with Crippen molar-refractivity contribution in [1.29, 1.82) is 0 Å². The summed E-state index contributed by atoms with van der Waals surface area (Å²) in [6.45, 7) is 7.37. The molecule has 106 valence electrons. The average Bonchev–Trinajstić information content (AvgIpc) is 2.96. The van der Waals surface area contributed by atoms with Crippen LogP contribution in [0.1, 0.15) is 46.5 Å². The fourth-order valence-electron chi connectivity index (χ4n) is 4.71. The van der Waals surface area contributed by atoms with Gasteiger partial charge in [0.2, 0.25) is 11.8 Å². The molecular formula is C15H24N2O2. The maximum Gasteiger partial charge on any atom is 0.225 e. The zero-order valence-electron chi connectivity index (χ0n) is 12.1. The van der Waals surface area contributed by atoms with Crippen LogP contribution >= 0.6 is 0 Å². The number of hydrogen-bond acceptors (Lipinski definition) is 2. The molecule has 3 fully saturated rings. The summed E-state index contributed by atoms with van der Waals surface area (Å²) in [6, 6.07) is 0.252. The third-order valence-corrected chi connectivity index (χ3v) is 5.90. The third-order valence-electron chi connectivity index (χ3n) is 5.90. The lowest BCUT2D eigenvalue weighted by Gasteiger charge is -2.43. The van der Waals surface area contributed by atoms with Crippen molar-refractivity contribution in [2.24, 2.45) is 22.7 Å². The van der Waals surface area contributed by atoms with E-state index in [2.05, 4.69) is 31.4 Å². The zero-order chi connectivity index (χ0) is 13.8. The van der Waals surface area contributed by atoms with Gasteiger partial charge in [-0.1, -0.05) is 20.8 Å². The summed E-state index contributed by atoms with van der Waals surface area (Å²) in [6.07, 6.45) is 4.08. The Morgan fingerprint density at radius 2 is 2.11 bits per heavy atom. The Kier molecular flexibility index (Phi) is 2.70. The number of carbonyl (C=O) groups excluding carboxylic acids is 2. The molecule has 4 unspecified atom stereocenters. The van der Waals surface area contributed by atoms with Crippen LogP contribution in [0.15, 0.2) is 0 Å². The van der Waals surface area contributed by atoms with Crippen LogP contribution in [0.4, 0.5) is 0 Å². The van der Waals surface area contributed by atoms with Gasteiger partial charge in [-0.25, -0.2) is 0 Å². The van der Waals surface area contributed by atoms with Crippen LogP contribution in [0, 0.1) is 22.7 Å². The normalized spacial score (nSPS) is 43.3. The molecule has 4 nitrogen and oxygen atoms in total. The molecule has 4 atom stereocenters. The summed E-state index contributed by atoms with van der Waals surface area (Å²) in [5.74, 6) is 0.612. The predicted molar refractivity (Wildman–Crippen MR) is 72.3 cm³/mol. The molecule has 1 aliphatic heterocycles. The molecule has 1 heterocycles. The molecule has 0 radical (unpaired) electrons. The number of amides is 2. The van der Waals surface area contributed by atoms with Gasteiger partial charge in [-0.15, -0.1) is 0 Å². The van der Waals surface area contributed by atoms with Gasteiger partial charge in [0.1, 0.15) is 0 Å². The quantitative estimate of drug-likeness (QED) is 0.793. The van der Waals surface area contributed by atoms with Crippen LogP contribution in [0.3, 0.4) is 0 Å². The average molecular weight is 264 g/mol. The van der Waals surface area contributed by atoms with E-state index in [4.69, 9.17) is 0 Å². The molecule has 3 rings (SSSR count). The lowest BCUT2D eigenvalue weighted by atomic mass is 9.68. The van der Waals surface area contributed by atoms with Crippen molar-refractivity contribution >= 4 is 11.8 Å². The number of carbonyl (C=O) groups is 2. The van der Waals surface area contributed by atoms with Crippen LogP contribution in [0.2, 0.25) is 0 Å². The van der Waals surface area contributed by atoms with E-state index >= 15 is 0 Å². The molecule has 0 aromatic rings. The molecule has 4 heteroatoms. The van der Waals surface area contributed by atoms with Crippen molar-refractivity contribution in [2.75, 3.05) is 6.54 Å². The van der Waals surface area contributed by atoms with E-state index < -0.39 is 0 Å². The number of fused-ring (bicyclic) bond motifs is 2. The van der Waals surface area contributed by atoms with Crippen LogP contribution in [-0.4, -0.2) is 24.4 Å². The van der Waals surface area contributed by atoms with Gasteiger partial charge < -0.3 is 10.6 Å². The monoisotopic (exact) mass is 264 g/mol. The van der Waals surface area contributed by atoms with Gasteiger partial charge in [-0.2, -0.15) is 0 Å². The molecule has 2 N–H and O–H groups in total. The van der Waals surface area contributed by atoms with Crippen molar-refractivity contribution in [1.82, 2.24) is 10.6 Å². The molecule has 19 heavy (non-hydrogen) atoms. The van der Waals surface area contributed by atoms with E-state index in [1.807, 2.05) is 0 Å². The Morgan fingerprint density at radius 1 is 1.37 bits per heavy atom. The van der Waals surface area contributed by atoms with Crippen molar-refractivity contribution < 1.29 is 9.59 Å². The molecule has 2 amide bonds. The minimum atomic E-state index is -0.175. The smallest absolute Gasteiger partial charge is 0.225 e. The molecule has 2 bridgehead atoms. The van der Waals surface area contributed by atoms with E-state index in [0.717, 1.165) is 5.92 Å². The van der Waals surface area contributed by atoms with Crippen LogP contribution in [0.5, 0.6) is 0 Å². The number of nitrogens with one attached hydrogen (secondary N) is 2. The van der Waals surface area contributed by atoms with E-state index in [9.17, 15) is 9.59 Å². The van der Waals surface area contributed by atoms with Gasteiger partial charge in [0.05, 0.1) is 5.92 Å². The number of hydrogen-bond donors (Lipinski definition) is 2. The van der Waals surface area contributed by atoms with E-state index in [1.165, 1.54) is 19.3 Å². The minimum absolute atomic E-state index is 0.00133. The first kappa shape index (κ1) is 12.9. The maximum atomic E-state index is 12.3. The predicted octanol–water partition coefficient (Wildman–Crippen LogP) is 1.45. The van der Waals surface area contributed by atoms with Crippen molar-refractivity contribution in [2.45, 2.75) is 52.5 Å². The zero-order valence-corrected chi connectivity index (χ0v) is 12.1. The maximum absolute atomic E-state index is 12.3. The fourth-order valence-corrected chi connectivity index (χ4v) is 4.71. The highest BCUT2D eigenvalue weighted by Gasteiger charge is 2.59. The van der Waals surface area contributed by atoms with E-state index in [1.54, 1.807) is 0 Å². The molecule has 0 aromatic heterocycles. The highest BCUT2D eigenvalue weighted by atomic mass is 16.2. The van der Waals surface area contributed by atoms with Crippen molar-refractivity contribution in [3.8, 4) is 0 Å². The molecule has 0 aromatic carbocycles. The van der Waals surface area contributed by atoms with E-state index in [0.29, 0.717) is 13.0 Å². The van der Waals surface area contributed by atoms with E-state index in [-0.39, 0.29) is 34.6 Å². The Bertz CT molecular complexity index is 427. The van der Waals surface area contributed by atoms with Gasteiger partial charge in [0, 0.05) is 19.0 Å². The molecule has 2 saturated carbocycles. The SMILES string of the molecule is CC12CCC(C1)C(C)(C)C2NC(=O)C1CNC(=O)C1. The van der Waals surface area contributed by atoms with Crippen molar-refractivity contribution in [3.63, 3.8) is 0 Å². The second-order valence-electron chi connectivity index (χ2n) is 7.56. The first-order valence-corrected chi connectivity index (χ1v) is 7.40. The topological polar surface area (TPSA) is 58.2 Å². The van der Waals surface area contributed by atoms with Gasteiger partial charge >= 0.3 is 0 Å². The lowest BCUT2D eigenvalue weighted by Crippen LogP contribution is -2.53. The van der Waals surface area contributed by atoms with Crippen molar-refractivity contribution in [3.05, 3.63) is 0 Å². The summed E-state index contributed by atoms with van der Waals surface area (Å²) in [7, 11) is 0. The Labute approximate surface area is 114 Å². The Hall–Kier alpha value is -1.06. The van der Waals surface area contributed by atoms with Gasteiger partial charge in [-0.05, 0) is 36.0 Å². The number of rotatable bonds is 2. The second kappa shape index (κ2) is 3.97. The molecule has 0 spiro atoms. The Balaban J connectivity index is 1.72. The molecule has 2 aliphatic carbocycles. The van der Waals surface area contributed by atoms with Gasteiger partial charge in [0.15, 0.2) is 0 Å². The van der Waals surface area contributed by atoms with Gasteiger partial charge in [-0.3, -0.25) is 9.59 Å². The van der Waals surface area contributed by atoms with Gasteiger partial charge in [0.25, 0.3) is 0 Å². The summed E-state index contributed by atoms with van der Waals surface area (Å²) >= 11 is 0. The highest BCUT2D eigenvalue weighted by Crippen LogP contribution is 2.62. The third kappa shape index (κ3) is 1.87. The Morgan fingerprint density at radius 3 is 2.63 bits per heavy atom. The first-order valence-electron chi connectivity index (χ1n) is 7.40. The summed E-state index contributed by atoms with van der Waals surface area (Å²) in [5, 5.41) is 6.01. The summed E-state index contributed by atoms with van der Waals surface area (Å²) < 4.78 is 0. The fraction of sp³-hybridized carbons (Fsp3) is 0.867. The second-order valence-corrected chi connectivity index (χ2v) is 7.56. The lowest BCUT2D eigenvalue weighted by molar-refractivity contribution is -0.128.